The Hall–Kier alpha value is -2.70. The van der Waals surface area contributed by atoms with Gasteiger partial charge < -0.3 is 19.6 Å². The highest BCUT2D eigenvalue weighted by atomic mass is 16.5. The van der Waals surface area contributed by atoms with Crippen LogP contribution in [0.1, 0.15) is 75.5 Å². The number of nitrogens with one attached hydrogen (secondary N) is 2. The van der Waals surface area contributed by atoms with Crippen LogP contribution in [0, 0.1) is 0 Å². The number of rotatable bonds is 5. The number of aryl methyl sites for hydroxylation is 1. The Morgan fingerprint density at radius 3 is 2.57 bits per heavy atom. The summed E-state index contributed by atoms with van der Waals surface area (Å²) in [5.74, 6) is 0.917. The molecule has 0 radical (unpaired) electrons. The van der Waals surface area contributed by atoms with Gasteiger partial charge in [0.15, 0.2) is 0 Å². The fraction of sp³-hybridized carbons (Fsp3) is 0.517. The quantitative estimate of drug-likeness (QED) is 0.373. The van der Waals surface area contributed by atoms with Crippen molar-refractivity contribution in [1.29, 1.82) is 0 Å². The first-order valence-corrected chi connectivity index (χ1v) is 13.3. The smallest absolute Gasteiger partial charge is 0.140 e. The molecule has 1 saturated heterocycles. The van der Waals surface area contributed by atoms with Crippen LogP contribution in [0.25, 0.3) is 33.3 Å². The van der Waals surface area contributed by atoms with E-state index < -0.39 is 0 Å². The topological polar surface area (TPSA) is 67.8 Å². The SMILES string of the molecule is CC(C)c1c(-c2cn(C)c3ncccc23)[nH]c2ccc(C3CCC(NC4CCOCC4)CC3)nc12. The molecule has 1 saturated carbocycles. The number of H-pyrrole nitrogens is 1. The molecule has 0 bridgehead atoms. The van der Waals surface area contributed by atoms with Gasteiger partial charge in [-0.05, 0) is 68.7 Å². The molecule has 2 aliphatic rings. The summed E-state index contributed by atoms with van der Waals surface area (Å²) in [6.07, 6.45) is 11.3. The van der Waals surface area contributed by atoms with E-state index >= 15 is 0 Å². The molecule has 0 unspecified atom stereocenters. The first-order valence-electron chi connectivity index (χ1n) is 13.3. The lowest BCUT2D eigenvalue weighted by Crippen LogP contribution is -2.43. The molecule has 2 fully saturated rings. The summed E-state index contributed by atoms with van der Waals surface area (Å²) in [6, 6.07) is 9.97. The summed E-state index contributed by atoms with van der Waals surface area (Å²) in [7, 11) is 2.07. The minimum atomic E-state index is 0.368. The Morgan fingerprint density at radius 2 is 1.80 bits per heavy atom. The van der Waals surface area contributed by atoms with Gasteiger partial charge in [0, 0.05) is 72.9 Å². The third-order valence-corrected chi connectivity index (χ3v) is 8.12. The van der Waals surface area contributed by atoms with Crippen molar-refractivity contribution >= 4 is 22.1 Å². The van der Waals surface area contributed by atoms with E-state index in [0.29, 0.717) is 23.9 Å². The van der Waals surface area contributed by atoms with Crippen molar-refractivity contribution in [2.75, 3.05) is 13.2 Å². The third-order valence-electron chi connectivity index (χ3n) is 8.12. The van der Waals surface area contributed by atoms with Crippen molar-refractivity contribution in [2.24, 2.45) is 7.05 Å². The molecule has 0 aromatic carbocycles. The van der Waals surface area contributed by atoms with Crippen LogP contribution in [-0.2, 0) is 11.8 Å². The number of hydrogen-bond acceptors (Lipinski definition) is 4. The van der Waals surface area contributed by atoms with Gasteiger partial charge in [-0.15, -0.1) is 0 Å². The normalized spacial score (nSPS) is 21.9. The zero-order valence-electron chi connectivity index (χ0n) is 21.2. The van der Waals surface area contributed by atoms with Crippen molar-refractivity contribution in [2.45, 2.75) is 76.3 Å². The molecule has 4 aromatic rings. The number of nitrogens with zero attached hydrogens (tertiary/aromatic N) is 3. The Kier molecular flexibility index (Phi) is 6.11. The highest BCUT2D eigenvalue weighted by Crippen LogP contribution is 2.40. The van der Waals surface area contributed by atoms with Gasteiger partial charge in [0.25, 0.3) is 0 Å². The molecule has 6 nitrogen and oxygen atoms in total. The van der Waals surface area contributed by atoms with Crippen molar-refractivity contribution < 1.29 is 4.74 Å². The average molecular weight is 472 g/mol. The van der Waals surface area contributed by atoms with E-state index in [-0.39, 0.29) is 0 Å². The van der Waals surface area contributed by atoms with E-state index in [1.165, 1.54) is 53.6 Å². The van der Waals surface area contributed by atoms with E-state index in [9.17, 15) is 0 Å². The van der Waals surface area contributed by atoms with Gasteiger partial charge in [-0.3, -0.25) is 4.98 Å². The molecule has 6 heteroatoms. The van der Waals surface area contributed by atoms with E-state index in [0.717, 1.165) is 42.7 Å². The number of aromatic nitrogens is 4. The van der Waals surface area contributed by atoms with Crippen molar-refractivity contribution in [3.63, 3.8) is 0 Å². The molecule has 35 heavy (non-hydrogen) atoms. The molecule has 0 amide bonds. The van der Waals surface area contributed by atoms with Crippen molar-refractivity contribution in [3.8, 4) is 11.3 Å². The second kappa shape index (κ2) is 9.40. The number of hydrogen-bond donors (Lipinski definition) is 2. The predicted octanol–water partition coefficient (Wildman–Crippen LogP) is 6.03. The van der Waals surface area contributed by atoms with Gasteiger partial charge in [-0.25, -0.2) is 4.98 Å². The molecule has 4 aromatic heterocycles. The number of ether oxygens (including phenoxy) is 1. The Labute approximate surface area is 207 Å². The maximum atomic E-state index is 5.52. The van der Waals surface area contributed by atoms with Gasteiger partial charge in [0.2, 0.25) is 0 Å². The first kappa shape index (κ1) is 22.7. The van der Waals surface area contributed by atoms with Crippen LogP contribution in [0.3, 0.4) is 0 Å². The maximum Gasteiger partial charge on any atom is 0.140 e. The van der Waals surface area contributed by atoms with E-state index in [2.05, 4.69) is 65.1 Å². The van der Waals surface area contributed by atoms with E-state index in [1.54, 1.807) is 0 Å². The summed E-state index contributed by atoms with van der Waals surface area (Å²) >= 11 is 0. The molecule has 1 aliphatic heterocycles. The van der Waals surface area contributed by atoms with Crippen LogP contribution >= 0.6 is 0 Å². The fourth-order valence-corrected chi connectivity index (χ4v) is 6.27. The van der Waals surface area contributed by atoms with Crippen LogP contribution in [0.15, 0.2) is 36.7 Å². The lowest BCUT2D eigenvalue weighted by Gasteiger charge is -2.33. The summed E-state index contributed by atoms with van der Waals surface area (Å²) in [6.45, 7) is 6.36. The predicted molar refractivity (Wildman–Crippen MR) is 142 cm³/mol. The van der Waals surface area contributed by atoms with Gasteiger partial charge in [-0.1, -0.05) is 13.8 Å². The molecule has 0 atom stereocenters. The van der Waals surface area contributed by atoms with E-state index in [4.69, 9.17) is 9.72 Å². The first-order chi connectivity index (χ1) is 17.1. The molecule has 5 heterocycles. The largest absolute Gasteiger partial charge is 0.381 e. The molecule has 1 aliphatic carbocycles. The van der Waals surface area contributed by atoms with Crippen LogP contribution in [0.2, 0.25) is 0 Å². The Bertz CT molecular complexity index is 1320. The van der Waals surface area contributed by atoms with Crippen LogP contribution in [0.5, 0.6) is 0 Å². The highest BCUT2D eigenvalue weighted by Gasteiger charge is 2.27. The van der Waals surface area contributed by atoms with E-state index in [1.807, 2.05) is 12.3 Å². The molecule has 0 spiro atoms. The molecular formula is C29H37N5O. The second-order valence-corrected chi connectivity index (χ2v) is 10.8. The minimum absolute atomic E-state index is 0.368. The zero-order chi connectivity index (χ0) is 23.9. The summed E-state index contributed by atoms with van der Waals surface area (Å²) in [5, 5.41) is 5.09. The van der Waals surface area contributed by atoms with Gasteiger partial charge in [0.05, 0.1) is 16.7 Å². The van der Waals surface area contributed by atoms with Crippen LogP contribution in [0.4, 0.5) is 0 Å². The minimum Gasteiger partial charge on any atom is -0.381 e. The van der Waals surface area contributed by atoms with Gasteiger partial charge in [0.1, 0.15) is 5.65 Å². The lowest BCUT2D eigenvalue weighted by atomic mass is 9.83. The molecular weight excluding hydrogens is 434 g/mol. The number of pyridine rings is 2. The monoisotopic (exact) mass is 471 g/mol. The standard InChI is InChI=1S/C29H37N5O/c1-18(2)26-27(23-17-34(3)29-22(23)5-4-14-30-29)33-25-11-10-24(32-28(25)26)19-6-8-20(9-7-19)31-21-12-15-35-16-13-21/h4-5,10-11,14,17-21,31,33H,6-9,12-13,15-16H2,1-3H3. The Morgan fingerprint density at radius 1 is 1.03 bits per heavy atom. The number of aromatic amines is 1. The average Bonchev–Trinajstić information content (AvgIpc) is 3.43. The molecule has 2 N–H and O–H groups in total. The van der Waals surface area contributed by atoms with Crippen molar-refractivity contribution in [3.05, 3.63) is 47.9 Å². The van der Waals surface area contributed by atoms with Crippen molar-refractivity contribution in [1.82, 2.24) is 24.8 Å². The van der Waals surface area contributed by atoms with Gasteiger partial charge >= 0.3 is 0 Å². The van der Waals surface area contributed by atoms with Gasteiger partial charge in [-0.2, -0.15) is 0 Å². The lowest BCUT2D eigenvalue weighted by molar-refractivity contribution is 0.0729. The van der Waals surface area contributed by atoms with Crippen LogP contribution < -0.4 is 5.32 Å². The third kappa shape index (κ3) is 4.27. The summed E-state index contributed by atoms with van der Waals surface area (Å²) < 4.78 is 7.64. The van der Waals surface area contributed by atoms with Crippen LogP contribution in [-0.4, -0.2) is 44.8 Å². The second-order valence-electron chi connectivity index (χ2n) is 10.8. The molecule has 184 valence electrons. The summed E-state index contributed by atoms with van der Waals surface area (Å²) in [5.41, 5.74) is 8.23. The highest BCUT2D eigenvalue weighted by molar-refractivity contribution is 5.98. The summed E-state index contributed by atoms with van der Waals surface area (Å²) in [4.78, 5) is 13.6. The Balaban J connectivity index is 1.28. The maximum absolute atomic E-state index is 5.52. The molecule has 6 rings (SSSR count). The zero-order valence-corrected chi connectivity index (χ0v) is 21.2. The fourth-order valence-electron chi connectivity index (χ4n) is 6.27. The number of fused-ring (bicyclic) bond motifs is 2.